The first-order chi connectivity index (χ1) is 27.7. The molecule has 1 aliphatic carbocycles. The van der Waals surface area contributed by atoms with Crippen LogP contribution >= 0.6 is 11.9 Å². The second-order valence-electron chi connectivity index (χ2n) is 16.0. The van der Waals surface area contributed by atoms with Gasteiger partial charge in [0.15, 0.2) is 11.5 Å². The van der Waals surface area contributed by atoms with Gasteiger partial charge >= 0.3 is 6.09 Å². The maximum absolute atomic E-state index is 13.3. The Morgan fingerprint density at radius 2 is 1.81 bits per heavy atom. The Morgan fingerprint density at radius 3 is 2.52 bits per heavy atom. The number of likely N-dealkylation sites (tertiary alicyclic amines) is 1. The van der Waals surface area contributed by atoms with E-state index < -0.39 is 35.4 Å². The monoisotopic (exact) mass is 820 g/mol. The first-order valence-electron chi connectivity index (χ1n) is 19.7. The first-order valence-corrected chi connectivity index (χ1v) is 20.5. The molecule has 6 rings (SSSR count). The van der Waals surface area contributed by atoms with Gasteiger partial charge < -0.3 is 39.2 Å². The van der Waals surface area contributed by atoms with Gasteiger partial charge in [-0.1, -0.05) is 59.8 Å². The molecule has 314 valence electrons. The van der Waals surface area contributed by atoms with Gasteiger partial charge in [0, 0.05) is 28.7 Å². The van der Waals surface area contributed by atoms with Crippen molar-refractivity contribution in [1.82, 2.24) is 30.2 Å². The van der Waals surface area contributed by atoms with Gasteiger partial charge in [0.05, 0.1) is 19.2 Å². The van der Waals surface area contributed by atoms with Crippen molar-refractivity contribution < 1.29 is 42.9 Å². The highest BCUT2D eigenvalue weighted by atomic mass is 32.2. The van der Waals surface area contributed by atoms with E-state index in [1.807, 2.05) is 44.2 Å². The number of aromatic nitrogens is 2. The van der Waals surface area contributed by atoms with Crippen molar-refractivity contribution in [3.8, 4) is 34.4 Å². The molecule has 2 unspecified atom stereocenters. The summed E-state index contributed by atoms with van der Waals surface area (Å²) in [4.78, 5) is 62.8. The van der Waals surface area contributed by atoms with Crippen LogP contribution in [0.4, 0.5) is 4.79 Å². The van der Waals surface area contributed by atoms with Gasteiger partial charge in [-0.2, -0.15) is 0 Å². The van der Waals surface area contributed by atoms with Crippen LogP contribution in [0, 0.1) is 17.3 Å². The molecule has 2 aromatic carbocycles. The van der Waals surface area contributed by atoms with E-state index in [0.29, 0.717) is 64.5 Å². The largest absolute Gasteiger partial charge is 0.493 e. The summed E-state index contributed by atoms with van der Waals surface area (Å²) in [6.45, 7) is 16.2. The molecule has 15 nitrogen and oxygen atoms in total. The quantitative estimate of drug-likeness (QED) is 0.113. The Kier molecular flexibility index (Phi) is 15.1. The van der Waals surface area contributed by atoms with E-state index in [9.17, 15) is 19.2 Å². The van der Waals surface area contributed by atoms with Gasteiger partial charge in [-0.15, -0.1) is 6.58 Å². The third kappa shape index (κ3) is 11.9. The van der Waals surface area contributed by atoms with Crippen LogP contribution in [0.2, 0.25) is 0 Å². The van der Waals surface area contributed by atoms with Crippen LogP contribution < -0.4 is 34.3 Å². The number of nitrogens with zero attached hydrogens (tertiary/aromatic N) is 3. The number of nitrogens with one attached hydrogen (secondary N) is 3. The Bertz CT molecular complexity index is 1950. The molecule has 3 N–H and O–H groups in total. The van der Waals surface area contributed by atoms with Gasteiger partial charge in [-0.3, -0.25) is 19.1 Å². The van der Waals surface area contributed by atoms with E-state index >= 15 is 0 Å². The third-order valence-electron chi connectivity index (χ3n) is 9.25. The van der Waals surface area contributed by atoms with E-state index in [-0.39, 0.29) is 38.4 Å². The minimum Gasteiger partial charge on any atom is -0.493 e. The standard InChI is InChI=1S/C38H46N6O9S.C4H10/c1-6-22(2)30(35(47)43-54-25-12-13-25)41-34(46)27-11-8-16-44(27)29(45)18-39-37(48)51-20-38(3,4)19-50-24-10-7-9-23(17-24)31-36(49-5)42-32-26(40-31)14-15-28-33(32)53-21-52-28;1-4(2)3/h6-7,9-10,14-15,17,22,25,27,30H,1,8,11-13,16,18-21H2,2-5H3,(H,39,48)(H,41,46)(H,43,47);4H,1-3H3/t22-,27?,30?;/m0./s1. The number of methoxy groups -OCH3 is 1. The summed E-state index contributed by atoms with van der Waals surface area (Å²) in [6.07, 6.45) is 4.01. The van der Waals surface area contributed by atoms with E-state index in [0.717, 1.165) is 24.3 Å². The minimum absolute atomic E-state index is 0.00547. The molecule has 2 aliphatic heterocycles. The molecule has 4 amide bonds. The van der Waals surface area contributed by atoms with Crippen LogP contribution in [0.15, 0.2) is 49.1 Å². The number of benzene rings is 2. The predicted octanol–water partition coefficient (Wildman–Crippen LogP) is 6.05. The summed E-state index contributed by atoms with van der Waals surface area (Å²) in [6, 6.07) is 9.39. The van der Waals surface area contributed by atoms with Crippen LogP contribution in [-0.4, -0.2) is 96.2 Å². The van der Waals surface area contributed by atoms with Gasteiger partial charge in [0.25, 0.3) is 5.91 Å². The smallest absolute Gasteiger partial charge is 0.407 e. The van der Waals surface area contributed by atoms with Crippen molar-refractivity contribution in [2.24, 2.45) is 17.3 Å². The molecule has 2 fully saturated rings. The van der Waals surface area contributed by atoms with Crippen molar-refractivity contribution in [3.05, 3.63) is 49.1 Å². The van der Waals surface area contributed by atoms with Crippen molar-refractivity contribution in [3.63, 3.8) is 0 Å². The minimum atomic E-state index is -0.821. The van der Waals surface area contributed by atoms with Crippen molar-refractivity contribution in [2.75, 3.05) is 40.2 Å². The average molecular weight is 821 g/mol. The second-order valence-corrected chi connectivity index (χ2v) is 17.1. The Morgan fingerprint density at radius 1 is 1.05 bits per heavy atom. The molecule has 1 saturated heterocycles. The molecular formula is C42H56N6O9S. The number of ether oxygens (including phenoxy) is 5. The van der Waals surface area contributed by atoms with Gasteiger partial charge in [-0.05, 0) is 67.8 Å². The first kappa shape index (κ1) is 43.9. The van der Waals surface area contributed by atoms with Crippen LogP contribution in [-0.2, 0) is 19.1 Å². The zero-order valence-corrected chi connectivity index (χ0v) is 35.2. The molecule has 16 heteroatoms. The van der Waals surface area contributed by atoms with E-state index in [4.69, 9.17) is 28.7 Å². The lowest BCUT2D eigenvalue weighted by Crippen LogP contribution is -2.55. The number of carbonyl (C=O) groups excluding carboxylic acids is 4. The zero-order valence-electron chi connectivity index (χ0n) is 34.4. The van der Waals surface area contributed by atoms with Crippen molar-refractivity contribution in [1.29, 1.82) is 0 Å². The molecule has 3 aromatic rings. The maximum Gasteiger partial charge on any atom is 0.407 e. The predicted molar refractivity (Wildman–Crippen MR) is 222 cm³/mol. The molecule has 3 aliphatic rings. The van der Waals surface area contributed by atoms with Crippen LogP contribution in [0.5, 0.6) is 23.1 Å². The number of hydrogen-bond donors (Lipinski definition) is 3. The number of amides is 4. The number of carbonyl (C=O) groups is 4. The number of alkyl carbamates (subject to hydrolysis) is 1. The summed E-state index contributed by atoms with van der Waals surface area (Å²) in [7, 11) is 1.52. The van der Waals surface area contributed by atoms with E-state index in [1.54, 1.807) is 19.1 Å². The Labute approximate surface area is 344 Å². The fourth-order valence-corrected chi connectivity index (χ4v) is 6.74. The molecule has 1 aromatic heterocycles. The highest BCUT2D eigenvalue weighted by molar-refractivity contribution is 7.98. The zero-order chi connectivity index (χ0) is 42.0. The molecule has 58 heavy (non-hydrogen) atoms. The van der Waals surface area contributed by atoms with E-state index in [1.165, 1.54) is 24.0 Å². The fraction of sp³-hybridized carbons (Fsp3) is 0.524. The lowest BCUT2D eigenvalue weighted by Gasteiger charge is -2.28. The SMILES string of the molecule is C=C[C@H](C)C(NC(=O)C1CCCN1C(=O)CNC(=O)OCC(C)(C)COc1cccc(-c2nc3ccc4c(c3nc2OC)OCO4)c1)C(=O)NSC1CC1.CC(C)C. The second kappa shape index (κ2) is 19.9. The highest BCUT2D eigenvalue weighted by Gasteiger charge is 2.37. The molecule has 0 spiro atoms. The molecule has 1 saturated carbocycles. The van der Waals surface area contributed by atoms with Gasteiger partial charge in [0.1, 0.15) is 42.2 Å². The fourth-order valence-electron chi connectivity index (χ4n) is 5.96. The van der Waals surface area contributed by atoms with Crippen LogP contribution in [0.3, 0.4) is 0 Å². The van der Waals surface area contributed by atoms with Crippen molar-refractivity contribution >= 4 is 46.8 Å². The Hall–Kier alpha value is -5.25. The average Bonchev–Trinajstić information content (AvgIpc) is 3.67. The van der Waals surface area contributed by atoms with Gasteiger partial charge in [0.2, 0.25) is 24.5 Å². The molecule has 3 heterocycles. The van der Waals surface area contributed by atoms with Crippen LogP contribution in [0.25, 0.3) is 22.3 Å². The Balaban J connectivity index is 0.00000153. The topological polar surface area (TPSA) is 180 Å². The molecule has 0 radical (unpaired) electrons. The summed E-state index contributed by atoms with van der Waals surface area (Å²) in [5, 5.41) is 5.73. The van der Waals surface area contributed by atoms with Gasteiger partial charge in [-0.25, -0.2) is 14.8 Å². The normalized spacial score (nSPS) is 16.8. The highest BCUT2D eigenvalue weighted by Crippen LogP contribution is 2.40. The number of fused-ring (bicyclic) bond motifs is 3. The molecular weight excluding hydrogens is 765 g/mol. The third-order valence-corrected chi connectivity index (χ3v) is 10.4. The lowest BCUT2D eigenvalue weighted by atomic mass is 9.96. The summed E-state index contributed by atoms with van der Waals surface area (Å²) in [5.74, 6) is 1.38. The number of hydrogen-bond acceptors (Lipinski definition) is 12. The van der Waals surface area contributed by atoms with E-state index in [2.05, 4.69) is 47.7 Å². The maximum atomic E-state index is 13.3. The van der Waals surface area contributed by atoms with Crippen molar-refractivity contribution in [2.45, 2.75) is 84.6 Å². The number of rotatable bonds is 16. The summed E-state index contributed by atoms with van der Waals surface area (Å²) >= 11 is 1.37. The molecule has 0 bridgehead atoms. The molecule has 3 atom stereocenters. The lowest BCUT2D eigenvalue weighted by molar-refractivity contribution is -0.139. The summed E-state index contributed by atoms with van der Waals surface area (Å²) < 4.78 is 31.0. The summed E-state index contributed by atoms with van der Waals surface area (Å²) in [5.41, 5.74) is 1.83. The van der Waals surface area contributed by atoms with Crippen LogP contribution in [0.1, 0.15) is 67.2 Å².